The minimum atomic E-state index is -3.10. The average molecular weight is 416 g/mol. The van der Waals surface area contributed by atoms with Gasteiger partial charge in [0, 0.05) is 52.4 Å². The first-order valence-corrected chi connectivity index (χ1v) is 12.1. The molecule has 0 atom stereocenters. The van der Waals surface area contributed by atoms with Crippen molar-refractivity contribution in [2.75, 3.05) is 24.2 Å². The van der Waals surface area contributed by atoms with E-state index in [4.69, 9.17) is 0 Å². The minimum Gasteiger partial charge on any atom is -0.382 e. The van der Waals surface area contributed by atoms with Gasteiger partial charge in [0.15, 0.2) is 0 Å². The summed E-state index contributed by atoms with van der Waals surface area (Å²) in [5.74, 6) is 0.170. The quantitative estimate of drug-likeness (QED) is 0.667. The number of pyridine rings is 1. The Labute approximate surface area is 170 Å². The number of rotatable bonds is 5. The van der Waals surface area contributed by atoms with E-state index >= 15 is 0 Å². The van der Waals surface area contributed by atoms with Crippen LogP contribution in [0, 0.1) is 6.92 Å². The van der Waals surface area contributed by atoms with Crippen LogP contribution in [0.2, 0.25) is 0 Å². The van der Waals surface area contributed by atoms with Gasteiger partial charge in [-0.3, -0.25) is 4.98 Å². The molecule has 1 N–H and O–H groups in total. The summed E-state index contributed by atoms with van der Waals surface area (Å²) in [5, 5.41) is 5.93. The van der Waals surface area contributed by atoms with E-state index < -0.39 is 10.0 Å². The fourth-order valence-electron chi connectivity index (χ4n) is 3.73. The van der Waals surface area contributed by atoms with Crippen LogP contribution in [0.4, 0.5) is 5.69 Å². The molecule has 148 valence electrons. The largest absolute Gasteiger partial charge is 0.382 e. The molecule has 1 aliphatic heterocycles. The summed E-state index contributed by atoms with van der Waals surface area (Å²) in [6.45, 7) is 4.98. The number of piperidine rings is 1. The van der Waals surface area contributed by atoms with E-state index in [1.165, 1.54) is 15.3 Å². The first kappa shape index (κ1) is 19.4. The number of aryl methyl sites for hydroxylation is 1. The first-order chi connectivity index (χ1) is 13.5. The predicted octanol–water partition coefficient (Wildman–Crippen LogP) is 4.50. The van der Waals surface area contributed by atoms with Crippen molar-refractivity contribution in [3.05, 3.63) is 47.6 Å². The number of sulfonamides is 1. The molecule has 4 rings (SSSR count). The highest BCUT2D eigenvalue weighted by atomic mass is 32.2. The van der Waals surface area contributed by atoms with E-state index in [-0.39, 0.29) is 11.8 Å². The number of nitrogens with zero attached hydrogens (tertiary/aromatic N) is 2. The Hall–Kier alpha value is -1.96. The van der Waals surface area contributed by atoms with Crippen LogP contribution in [0.5, 0.6) is 0 Å². The molecular weight excluding hydrogens is 390 g/mol. The third-order valence-electron chi connectivity index (χ3n) is 5.35. The molecule has 0 radical (unpaired) electrons. The van der Waals surface area contributed by atoms with Gasteiger partial charge in [-0.05, 0) is 68.0 Å². The molecule has 3 aromatic rings. The van der Waals surface area contributed by atoms with Crippen LogP contribution >= 0.6 is 11.3 Å². The number of hydrogen-bond acceptors (Lipinski definition) is 5. The van der Waals surface area contributed by atoms with Crippen LogP contribution in [0.3, 0.4) is 0 Å². The van der Waals surface area contributed by atoms with E-state index in [1.54, 1.807) is 22.6 Å². The van der Waals surface area contributed by atoms with Gasteiger partial charge >= 0.3 is 0 Å². The van der Waals surface area contributed by atoms with E-state index in [1.807, 2.05) is 18.5 Å². The highest BCUT2D eigenvalue weighted by Gasteiger charge is 2.26. The maximum atomic E-state index is 12.1. The Morgan fingerprint density at radius 2 is 2.00 bits per heavy atom. The van der Waals surface area contributed by atoms with Gasteiger partial charge in [-0.15, -0.1) is 11.3 Å². The Morgan fingerprint density at radius 3 is 2.68 bits per heavy atom. The van der Waals surface area contributed by atoms with Crippen LogP contribution in [-0.2, 0) is 10.0 Å². The molecule has 28 heavy (non-hydrogen) atoms. The summed E-state index contributed by atoms with van der Waals surface area (Å²) < 4.78 is 25.8. The maximum absolute atomic E-state index is 12.1. The molecule has 2 aromatic heterocycles. The second kappa shape index (κ2) is 7.81. The van der Waals surface area contributed by atoms with Crippen LogP contribution in [0.25, 0.3) is 21.2 Å². The van der Waals surface area contributed by atoms with E-state index in [0.717, 1.165) is 29.3 Å². The summed E-state index contributed by atoms with van der Waals surface area (Å²) >= 11 is 1.79. The third-order valence-corrected chi connectivity index (χ3v) is 8.28. The van der Waals surface area contributed by atoms with Crippen molar-refractivity contribution in [2.45, 2.75) is 32.7 Å². The molecule has 1 aromatic carbocycles. The van der Waals surface area contributed by atoms with E-state index in [2.05, 4.69) is 41.5 Å². The average Bonchev–Trinajstić information content (AvgIpc) is 3.15. The highest BCUT2D eigenvalue weighted by molar-refractivity contribution is 7.89. The Bertz CT molecular complexity index is 1080. The van der Waals surface area contributed by atoms with Gasteiger partial charge in [-0.1, -0.05) is 0 Å². The summed E-state index contributed by atoms with van der Waals surface area (Å²) in [5.41, 5.74) is 2.27. The number of fused-ring (bicyclic) bond motifs is 1. The lowest BCUT2D eigenvalue weighted by atomic mass is 10.0. The second-order valence-electron chi connectivity index (χ2n) is 7.25. The maximum Gasteiger partial charge on any atom is 0.213 e. The van der Waals surface area contributed by atoms with E-state index in [0.29, 0.717) is 13.1 Å². The van der Waals surface area contributed by atoms with Crippen molar-refractivity contribution in [3.8, 4) is 10.4 Å². The van der Waals surface area contributed by atoms with Crippen LogP contribution in [0.1, 0.15) is 24.6 Å². The number of hydrogen-bond donors (Lipinski definition) is 1. The summed E-state index contributed by atoms with van der Waals surface area (Å²) in [6, 6.07) is 11.0. The molecule has 0 amide bonds. The molecule has 1 aliphatic rings. The van der Waals surface area contributed by atoms with Gasteiger partial charge < -0.3 is 5.32 Å². The third kappa shape index (κ3) is 3.92. The number of anilines is 1. The van der Waals surface area contributed by atoms with Gasteiger partial charge in [0.05, 0.1) is 5.75 Å². The van der Waals surface area contributed by atoms with Crippen LogP contribution < -0.4 is 5.32 Å². The summed E-state index contributed by atoms with van der Waals surface area (Å²) in [6.07, 6.45) is 5.34. The van der Waals surface area contributed by atoms with Crippen molar-refractivity contribution in [1.29, 1.82) is 0 Å². The Morgan fingerprint density at radius 1 is 1.21 bits per heavy atom. The number of aromatic nitrogens is 1. The van der Waals surface area contributed by atoms with Crippen molar-refractivity contribution in [3.63, 3.8) is 0 Å². The normalized spacial score (nSPS) is 16.5. The predicted molar refractivity (Wildman–Crippen MR) is 117 cm³/mol. The summed E-state index contributed by atoms with van der Waals surface area (Å²) in [7, 11) is -3.10. The highest BCUT2D eigenvalue weighted by Crippen LogP contribution is 2.35. The fourth-order valence-corrected chi connectivity index (χ4v) is 5.72. The fraction of sp³-hybridized carbons (Fsp3) is 0.381. The lowest BCUT2D eigenvalue weighted by Crippen LogP contribution is -2.42. The van der Waals surface area contributed by atoms with Gasteiger partial charge in [-0.2, -0.15) is 0 Å². The van der Waals surface area contributed by atoms with Crippen LogP contribution in [-0.4, -0.2) is 42.6 Å². The topological polar surface area (TPSA) is 62.3 Å². The second-order valence-corrected chi connectivity index (χ2v) is 10.8. The Kier molecular flexibility index (Phi) is 5.40. The zero-order chi connectivity index (χ0) is 19.7. The molecule has 0 spiro atoms. The van der Waals surface area contributed by atoms with Gasteiger partial charge in [0.2, 0.25) is 10.0 Å². The molecule has 3 heterocycles. The number of thiophene rings is 1. The van der Waals surface area contributed by atoms with E-state index in [9.17, 15) is 8.42 Å². The molecule has 7 heteroatoms. The molecular formula is C21H25N3O2S2. The van der Waals surface area contributed by atoms with Gasteiger partial charge in [0.1, 0.15) is 0 Å². The zero-order valence-electron chi connectivity index (χ0n) is 16.2. The molecule has 0 saturated carbocycles. The first-order valence-electron chi connectivity index (χ1n) is 9.65. The van der Waals surface area contributed by atoms with Crippen LogP contribution in [0.15, 0.2) is 42.7 Å². The van der Waals surface area contributed by atoms with Crippen molar-refractivity contribution >= 4 is 37.8 Å². The Balaban J connectivity index is 1.60. The molecule has 0 unspecified atom stereocenters. The zero-order valence-corrected chi connectivity index (χ0v) is 17.8. The van der Waals surface area contributed by atoms with Crippen molar-refractivity contribution in [2.24, 2.45) is 0 Å². The SMILES string of the molecule is CCS(=O)(=O)N1CCC(Nc2cc(-c3ccc(C)s3)cc3ccncc23)CC1. The molecule has 1 saturated heterocycles. The smallest absolute Gasteiger partial charge is 0.213 e. The molecule has 0 bridgehead atoms. The van der Waals surface area contributed by atoms with Gasteiger partial charge in [0.25, 0.3) is 0 Å². The lowest BCUT2D eigenvalue weighted by Gasteiger charge is -2.32. The number of nitrogens with one attached hydrogen (secondary N) is 1. The number of benzene rings is 1. The van der Waals surface area contributed by atoms with Gasteiger partial charge in [-0.25, -0.2) is 12.7 Å². The monoisotopic (exact) mass is 415 g/mol. The standard InChI is InChI=1S/C21H25N3O2S2/c1-3-28(25,26)24-10-7-18(8-11-24)23-20-13-17(21-5-4-15(2)27-21)12-16-6-9-22-14-19(16)20/h4-6,9,12-14,18,23H,3,7-8,10-11H2,1-2H3. The molecule has 5 nitrogen and oxygen atoms in total. The lowest BCUT2D eigenvalue weighted by molar-refractivity contribution is 0.330. The summed E-state index contributed by atoms with van der Waals surface area (Å²) in [4.78, 5) is 6.85. The van der Waals surface area contributed by atoms with Crippen molar-refractivity contribution in [1.82, 2.24) is 9.29 Å². The minimum absolute atomic E-state index is 0.170. The van der Waals surface area contributed by atoms with Crippen molar-refractivity contribution < 1.29 is 8.42 Å². The molecule has 1 fully saturated rings. The molecule has 0 aliphatic carbocycles.